The molecule has 11 heteroatoms. The van der Waals surface area contributed by atoms with Crippen LogP contribution in [0.25, 0.3) is 0 Å². The number of hydrogen-bond donors (Lipinski definition) is 1. The van der Waals surface area contributed by atoms with Crippen LogP contribution in [0.4, 0.5) is 0 Å². The molecule has 34 heavy (non-hydrogen) atoms. The van der Waals surface area contributed by atoms with Crippen molar-refractivity contribution in [2.24, 2.45) is 5.92 Å². The number of carbonyl (C=O) groups excluding carboxylic acids is 3. The van der Waals surface area contributed by atoms with E-state index in [1.54, 1.807) is 27.7 Å². The third-order valence-corrected chi connectivity index (χ3v) is 7.19. The van der Waals surface area contributed by atoms with Gasteiger partial charge in [-0.05, 0) is 30.2 Å². The van der Waals surface area contributed by atoms with Gasteiger partial charge in [0, 0.05) is 18.7 Å². The Balaban J connectivity index is 2.16. The van der Waals surface area contributed by atoms with E-state index in [-0.39, 0.29) is 34.3 Å². The SMILES string of the molecule is CCN(CC)S(=O)(=O)c1cccc(C(=O)N[C@H](C(=O)OCc2occc2C(=O)OC)C(C)C)c1. The van der Waals surface area contributed by atoms with Gasteiger partial charge in [0.05, 0.1) is 18.3 Å². The first-order valence-electron chi connectivity index (χ1n) is 10.8. The normalized spacial score (nSPS) is 12.4. The van der Waals surface area contributed by atoms with E-state index in [2.05, 4.69) is 10.1 Å². The number of methoxy groups -OCH3 is 1. The van der Waals surface area contributed by atoms with Gasteiger partial charge in [-0.25, -0.2) is 18.0 Å². The molecule has 1 heterocycles. The van der Waals surface area contributed by atoms with Crippen LogP contribution in [-0.4, -0.2) is 56.8 Å². The lowest BCUT2D eigenvalue weighted by atomic mass is 10.0. The van der Waals surface area contributed by atoms with E-state index in [0.717, 1.165) is 0 Å². The first-order chi connectivity index (χ1) is 16.1. The Bertz CT molecular complexity index is 1120. The summed E-state index contributed by atoms with van der Waals surface area (Å²) in [6.45, 7) is 7.17. The van der Waals surface area contributed by atoms with E-state index in [4.69, 9.17) is 9.15 Å². The lowest BCUT2D eigenvalue weighted by Gasteiger charge is -2.21. The standard InChI is InChI=1S/C23H30N2O8S/c1-6-25(7-2)34(29,30)17-10-8-9-16(13-17)21(26)24-20(15(3)4)23(28)33-14-19-18(11-12-32-19)22(27)31-5/h8-13,15,20H,6-7,14H2,1-5H3,(H,24,26)/t20-/m0/s1. The Hall–Kier alpha value is -3.18. The molecule has 0 aliphatic heterocycles. The van der Waals surface area contributed by atoms with E-state index in [9.17, 15) is 22.8 Å². The van der Waals surface area contributed by atoms with Crippen molar-refractivity contribution in [2.45, 2.75) is 45.2 Å². The number of amides is 1. The molecule has 0 saturated carbocycles. The van der Waals surface area contributed by atoms with Crippen molar-refractivity contribution in [1.29, 1.82) is 0 Å². The van der Waals surface area contributed by atoms with Gasteiger partial charge < -0.3 is 19.2 Å². The molecule has 0 bridgehead atoms. The summed E-state index contributed by atoms with van der Waals surface area (Å²) in [5.41, 5.74) is 0.220. The maximum Gasteiger partial charge on any atom is 0.341 e. The van der Waals surface area contributed by atoms with Gasteiger partial charge in [-0.3, -0.25) is 4.79 Å². The second kappa shape index (κ2) is 11.8. The minimum atomic E-state index is -3.75. The van der Waals surface area contributed by atoms with E-state index in [1.165, 1.54) is 48.0 Å². The summed E-state index contributed by atoms with van der Waals surface area (Å²) in [6, 6.07) is 6.00. The van der Waals surface area contributed by atoms with E-state index < -0.39 is 33.9 Å². The number of ether oxygens (including phenoxy) is 2. The van der Waals surface area contributed by atoms with Crippen LogP contribution in [0.3, 0.4) is 0 Å². The number of nitrogens with zero attached hydrogens (tertiary/aromatic N) is 1. The molecule has 1 aromatic carbocycles. The summed E-state index contributed by atoms with van der Waals surface area (Å²) in [5, 5.41) is 2.60. The summed E-state index contributed by atoms with van der Waals surface area (Å²) < 4.78 is 41.9. The number of hydrogen-bond acceptors (Lipinski definition) is 8. The quantitative estimate of drug-likeness (QED) is 0.472. The van der Waals surface area contributed by atoms with Crippen molar-refractivity contribution in [2.75, 3.05) is 20.2 Å². The average molecular weight is 495 g/mol. The first-order valence-corrected chi connectivity index (χ1v) is 12.2. The topological polar surface area (TPSA) is 132 Å². The van der Waals surface area contributed by atoms with Gasteiger partial charge in [-0.15, -0.1) is 0 Å². The Morgan fingerprint density at radius 2 is 1.79 bits per heavy atom. The summed E-state index contributed by atoms with van der Waals surface area (Å²) >= 11 is 0. The Morgan fingerprint density at radius 3 is 2.38 bits per heavy atom. The molecule has 0 unspecified atom stereocenters. The third kappa shape index (κ3) is 6.23. The highest BCUT2D eigenvalue weighted by Gasteiger charge is 2.28. The minimum Gasteiger partial charge on any atom is -0.465 e. The van der Waals surface area contributed by atoms with E-state index in [0.29, 0.717) is 13.1 Å². The van der Waals surface area contributed by atoms with Crippen LogP contribution >= 0.6 is 0 Å². The second-order valence-electron chi connectivity index (χ2n) is 7.67. The molecule has 2 rings (SSSR count). The van der Waals surface area contributed by atoms with Crippen molar-refractivity contribution >= 4 is 27.9 Å². The molecule has 1 atom stereocenters. The molecule has 0 aliphatic carbocycles. The van der Waals surface area contributed by atoms with Crippen LogP contribution in [0.1, 0.15) is 54.2 Å². The van der Waals surface area contributed by atoms with Gasteiger partial charge in [0.2, 0.25) is 10.0 Å². The molecule has 1 amide bonds. The van der Waals surface area contributed by atoms with Gasteiger partial charge in [-0.2, -0.15) is 4.31 Å². The van der Waals surface area contributed by atoms with E-state index >= 15 is 0 Å². The summed E-state index contributed by atoms with van der Waals surface area (Å²) in [6.07, 6.45) is 1.27. The number of carbonyl (C=O) groups is 3. The molecule has 1 N–H and O–H groups in total. The van der Waals surface area contributed by atoms with Crippen molar-refractivity contribution in [3.05, 3.63) is 53.5 Å². The fourth-order valence-corrected chi connectivity index (χ4v) is 4.71. The largest absolute Gasteiger partial charge is 0.465 e. The molecule has 0 aliphatic rings. The van der Waals surface area contributed by atoms with Gasteiger partial charge in [0.1, 0.15) is 18.2 Å². The Kier molecular flexibility index (Phi) is 9.39. The molecule has 0 fully saturated rings. The molecule has 1 aromatic heterocycles. The van der Waals surface area contributed by atoms with Crippen LogP contribution in [0.15, 0.2) is 45.9 Å². The van der Waals surface area contributed by atoms with Gasteiger partial charge >= 0.3 is 11.9 Å². The molecule has 0 radical (unpaired) electrons. The van der Waals surface area contributed by atoms with Crippen LogP contribution in [-0.2, 0) is 30.9 Å². The minimum absolute atomic E-state index is 0.0133. The van der Waals surface area contributed by atoms with Crippen molar-refractivity contribution in [3.63, 3.8) is 0 Å². The number of rotatable bonds is 11. The van der Waals surface area contributed by atoms with Crippen molar-refractivity contribution in [1.82, 2.24) is 9.62 Å². The summed E-state index contributed by atoms with van der Waals surface area (Å²) in [4.78, 5) is 37.3. The highest BCUT2D eigenvalue weighted by molar-refractivity contribution is 7.89. The Morgan fingerprint density at radius 1 is 1.12 bits per heavy atom. The van der Waals surface area contributed by atoms with Gasteiger partial charge in [-0.1, -0.05) is 33.8 Å². The van der Waals surface area contributed by atoms with Crippen LogP contribution < -0.4 is 5.32 Å². The predicted molar refractivity (Wildman–Crippen MR) is 122 cm³/mol. The first kappa shape index (κ1) is 27.1. The zero-order chi connectivity index (χ0) is 25.5. The molecule has 2 aromatic rings. The van der Waals surface area contributed by atoms with Crippen LogP contribution in [0.2, 0.25) is 0 Å². The highest BCUT2D eigenvalue weighted by atomic mass is 32.2. The second-order valence-corrected chi connectivity index (χ2v) is 9.61. The summed E-state index contributed by atoms with van der Waals surface area (Å²) in [7, 11) is -2.53. The van der Waals surface area contributed by atoms with Gasteiger partial charge in [0.25, 0.3) is 5.91 Å². The maximum atomic E-state index is 12.9. The van der Waals surface area contributed by atoms with Gasteiger partial charge in [0.15, 0.2) is 5.76 Å². The fraction of sp³-hybridized carbons (Fsp3) is 0.435. The predicted octanol–water partition coefficient (Wildman–Crippen LogP) is 2.59. The molecular formula is C23H30N2O8S. The molecule has 0 spiro atoms. The highest BCUT2D eigenvalue weighted by Crippen LogP contribution is 2.18. The number of esters is 2. The third-order valence-electron chi connectivity index (χ3n) is 5.14. The number of sulfonamides is 1. The van der Waals surface area contributed by atoms with Crippen molar-refractivity contribution < 1.29 is 36.7 Å². The fourth-order valence-electron chi connectivity index (χ4n) is 3.20. The monoisotopic (exact) mass is 494 g/mol. The number of furan rings is 1. The molecule has 0 saturated heterocycles. The van der Waals surface area contributed by atoms with Crippen LogP contribution in [0.5, 0.6) is 0 Å². The lowest BCUT2D eigenvalue weighted by molar-refractivity contribution is -0.149. The summed E-state index contributed by atoms with van der Waals surface area (Å²) in [5.74, 6) is -2.21. The zero-order valence-corrected chi connectivity index (χ0v) is 20.7. The molecular weight excluding hydrogens is 464 g/mol. The Labute approximate surface area is 199 Å². The molecule has 186 valence electrons. The maximum absolute atomic E-state index is 12.9. The lowest BCUT2D eigenvalue weighted by Crippen LogP contribution is -2.45. The molecule has 10 nitrogen and oxygen atoms in total. The van der Waals surface area contributed by atoms with Crippen molar-refractivity contribution in [3.8, 4) is 0 Å². The van der Waals surface area contributed by atoms with E-state index in [1.807, 2.05) is 0 Å². The van der Waals surface area contributed by atoms with Crippen LogP contribution in [0, 0.1) is 5.92 Å². The zero-order valence-electron chi connectivity index (χ0n) is 19.9. The average Bonchev–Trinajstić information content (AvgIpc) is 3.29. The number of nitrogens with one attached hydrogen (secondary N) is 1. The smallest absolute Gasteiger partial charge is 0.341 e. The number of benzene rings is 1.